The first-order valence-corrected chi connectivity index (χ1v) is 6.48. The lowest BCUT2D eigenvalue weighted by molar-refractivity contribution is -0.135. The van der Waals surface area contributed by atoms with Crippen LogP contribution in [-0.4, -0.2) is 50.3 Å². The summed E-state index contributed by atoms with van der Waals surface area (Å²) < 4.78 is 10.5. The predicted octanol–water partition coefficient (Wildman–Crippen LogP) is 1.35. The number of carbonyl (C=O) groups excluding carboxylic acids is 1. The first kappa shape index (κ1) is 13.7. The van der Waals surface area contributed by atoms with Crippen LogP contribution in [0.4, 0.5) is 5.69 Å². The molecule has 1 aromatic rings. The summed E-state index contributed by atoms with van der Waals surface area (Å²) in [6.45, 7) is 4.43. The van der Waals surface area contributed by atoms with Gasteiger partial charge < -0.3 is 19.7 Å². The molecule has 1 atom stereocenters. The molecule has 19 heavy (non-hydrogen) atoms. The van der Waals surface area contributed by atoms with Gasteiger partial charge >= 0.3 is 0 Å². The number of morpholine rings is 1. The summed E-state index contributed by atoms with van der Waals surface area (Å²) in [5.74, 6) is 0.832. The summed E-state index contributed by atoms with van der Waals surface area (Å²) in [5.41, 5.74) is 0.833. The zero-order valence-electron chi connectivity index (χ0n) is 11.4. The van der Waals surface area contributed by atoms with Crippen molar-refractivity contribution < 1.29 is 14.3 Å². The molecular weight excluding hydrogens is 244 g/mol. The molecule has 0 aliphatic carbocycles. The molecule has 0 saturated carbocycles. The topological polar surface area (TPSA) is 50.8 Å². The lowest BCUT2D eigenvalue weighted by atomic mass is 10.2. The van der Waals surface area contributed by atoms with E-state index in [9.17, 15) is 4.79 Å². The van der Waals surface area contributed by atoms with Crippen LogP contribution in [0.3, 0.4) is 0 Å². The fourth-order valence-electron chi connectivity index (χ4n) is 2.12. The number of benzene rings is 1. The van der Waals surface area contributed by atoms with Crippen LogP contribution < -0.4 is 10.1 Å². The van der Waals surface area contributed by atoms with Gasteiger partial charge in [0.15, 0.2) is 0 Å². The number of hydrogen-bond donors (Lipinski definition) is 1. The second kappa shape index (κ2) is 6.43. The van der Waals surface area contributed by atoms with Crippen LogP contribution in [0.15, 0.2) is 24.3 Å². The number of anilines is 1. The van der Waals surface area contributed by atoms with Gasteiger partial charge in [0.1, 0.15) is 11.8 Å². The van der Waals surface area contributed by atoms with Gasteiger partial charge in [-0.15, -0.1) is 0 Å². The summed E-state index contributed by atoms with van der Waals surface area (Å²) in [7, 11) is 1.62. The van der Waals surface area contributed by atoms with Crippen LogP contribution in [0.5, 0.6) is 5.75 Å². The van der Waals surface area contributed by atoms with Crippen LogP contribution in [0.1, 0.15) is 6.92 Å². The lowest BCUT2D eigenvalue weighted by Crippen LogP contribution is -2.47. The van der Waals surface area contributed by atoms with E-state index in [1.165, 1.54) is 0 Å². The Balaban J connectivity index is 1.99. The number of nitrogens with zero attached hydrogens (tertiary/aromatic N) is 1. The van der Waals surface area contributed by atoms with Crippen LogP contribution in [0.25, 0.3) is 0 Å². The summed E-state index contributed by atoms with van der Waals surface area (Å²) >= 11 is 0. The van der Waals surface area contributed by atoms with E-state index in [1.807, 2.05) is 36.1 Å². The largest absolute Gasteiger partial charge is 0.495 e. The maximum Gasteiger partial charge on any atom is 0.244 e. The Morgan fingerprint density at radius 1 is 1.37 bits per heavy atom. The molecule has 1 aliphatic rings. The van der Waals surface area contributed by atoms with Crippen molar-refractivity contribution >= 4 is 11.6 Å². The fraction of sp³-hybridized carbons (Fsp3) is 0.500. The van der Waals surface area contributed by atoms with Gasteiger partial charge in [-0.3, -0.25) is 4.79 Å². The van der Waals surface area contributed by atoms with Crippen LogP contribution >= 0.6 is 0 Å². The number of para-hydroxylation sites is 2. The zero-order valence-corrected chi connectivity index (χ0v) is 11.4. The molecule has 0 spiro atoms. The monoisotopic (exact) mass is 264 g/mol. The van der Waals surface area contributed by atoms with Crippen LogP contribution in [0.2, 0.25) is 0 Å². The van der Waals surface area contributed by atoms with Gasteiger partial charge in [-0.1, -0.05) is 12.1 Å². The molecule has 1 aromatic carbocycles. The molecule has 1 aliphatic heterocycles. The maximum absolute atomic E-state index is 12.3. The molecule has 1 unspecified atom stereocenters. The Bertz CT molecular complexity index is 430. The smallest absolute Gasteiger partial charge is 0.244 e. The number of methoxy groups -OCH3 is 1. The molecule has 1 fully saturated rings. The van der Waals surface area contributed by atoms with E-state index < -0.39 is 0 Å². The van der Waals surface area contributed by atoms with Crippen molar-refractivity contribution in [2.24, 2.45) is 0 Å². The van der Waals surface area contributed by atoms with Gasteiger partial charge in [0.25, 0.3) is 0 Å². The predicted molar refractivity (Wildman–Crippen MR) is 73.5 cm³/mol. The summed E-state index contributed by atoms with van der Waals surface area (Å²) in [6, 6.07) is 7.31. The third-order valence-corrected chi connectivity index (χ3v) is 3.17. The van der Waals surface area contributed by atoms with Crippen molar-refractivity contribution in [3.63, 3.8) is 0 Å². The standard InChI is InChI=1S/C14H20N2O3/c1-11(14(17)16-7-9-19-10-8-16)15-12-5-3-4-6-13(12)18-2/h3-6,11,15H,7-10H2,1-2H3. The van der Waals surface area contributed by atoms with Gasteiger partial charge in [0.2, 0.25) is 5.91 Å². The van der Waals surface area contributed by atoms with E-state index in [-0.39, 0.29) is 11.9 Å². The Morgan fingerprint density at radius 2 is 2.05 bits per heavy atom. The first-order valence-electron chi connectivity index (χ1n) is 6.48. The van der Waals surface area contributed by atoms with Crippen molar-refractivity contribution in [2.75, 3.05) is 38.7 Å². The highest BCUT2D eigenvalue weighted by Gasteiger charge is 2.22. The highest BCUT2D eigenvalue weighted by Crippen LogP contribution is 2.24. The summed E-state index contributed by atoms with van der Waals surface area (Å²) in [5, 5.41) is 3.20. The average Bonchev–Trinajstić information content (AvgIpc) is 2.48. The quantitative estimate of drug-likeness (QED) is 0.892. The SMILES string of the molecule is COc1ccccc1NC(C)C(=O)N1CCOCC1. The molecule has 5 nitrogen and oxygen atoms in total. The molecule has 1 heterocycles. The Morgan fingerprint density at radius 3 is 2.74 bits per heavy atom. The number of amides is 1. The van der Waals surface area contributed by atoms with E-state index in [1.54, 1.807) is 7.11 Å². The van der Waals surface area contributed by atoms with Gasteiger partial charge in [-0.2, -0.15) is 0 Å². The van der Waals surface area contributed by atoms with Crippen molar-refractivity contribution in [3.8, 4) is 5.75 Å². The number of carbonyl (C=O) groups is 1. The normalized spacial score (nSPS) is 16.8. The molecule has 1 amide bonds. The van der Waals surface area contributed by atoms with E-state index >= 15 is 0 Å². The molecule has 1 N–H and O–H groups in total. The molecule has 104 valence electrons. The Hall–Kier alpha value is -1.75. The van der Waals surface area contributed by atoms with E-state index in [2.05, 4.69) is 5.32 Å². The number of rotatable bonds is 4. The second-order valence-electron chi connectivity index (χ2n) is 4.50. The van der Waals surface area contributed by atoms with Crippen molar-refractivity contribution in [2.45, 2.75) is 13.0 Å². The minimum Gasteiger partial charge on any atom is -0.495 e. The van der Waals surface area contributed by atoms with Gasteiger partial charge in [-0.05, 0) is 19.1 Å². The second-order valence-corrected chi connectivity index (χ2v) is 4.50. The third-order valence-electron chi connectivity index (χ3n) is 3.17. The highest BCUT2D eigenvalue weighted by molar-refractivity contribution is 5.84. The molecule has 1 saturated heterocycles. The minimum absolute atomic E-state index is 0.0919. The minimum atomic E-state index is -0.283. The van der Waals surface area contributed by atoms with Gasteiger partial charge in [0.05, 0.1) is 26.0 Å². The van der Waals surface area contributed by atoms with E-state index in [0.717, 1.165) is 11.4 Å². The van der Waals surface area contributed by atoms with Gasteiger partial charge in [0, 0.05) is 13.1 Å². The fourth-order valence-corrected chi connectivity index (χ4v) is 2.12. The molecule has 2 rings (SSSR count). The Kier molecular flexibility index (Phi) is 4.63. The number of hydrogen-bond acceptors (Lipinski definition) is 4. The number of nitrogens with one attached hydrogen (secondary N) is 1. The van der Waals surface area contributed by atoms with Crippen molar-refractivity contribution in [3.05, 3.63) is 24.3 Å². The van der Waals surface area contributed by atoms with E-state index in [4.69, 9.17) is 9.47 Å². The Labute approximate surface area is 113 Å². The summed E-state index contributed by atoms with van der Waals surface area (Å²) in [4.78, 5) is 14.1. The van der Waals surface area contributed by atoms with Crippen LogP contribution in [0, 0.1) is 0 Å². The molecular formula is C14H20N2O3. The van der Waals surface area contributed by atoms with E-state index in [0.29, 0.717) is 26.3 Å². The van der Waals surface area contributed by atoms with Crippen molar-refractivity contribution in [1.29, 1.82) is 0 Å². The zero-order chi connectivity index (χ0) is 13.7. The third kappa shape index (κ3) is 3.38. The molecule has 0 bridgehead atoms. The molecule has 0 radical (unpaired) electrons. The highest BCUT2D eigenvalue weighted by atomic mass is 16.5. The number of ether oxygens (including phenoxy) is 2. The molecule has 0 aromatic heterocycles. The maximum atomic E-state index is 12.3. The molecule has 5 heteroatoms. The lowest BCUT2D eigenvalue weighted by Gasteiger charge is -2.30. The first-order chi connectivity index (χ1) is 9.22. The van der Waals surface area contributed by atoms with Crippen LogP contribution in [-0.2, 0) is 9.53 Å². The summed E-state index contributed by atoms with van der Waals surface area (Å²) in [6.07, 6.45) is 0. The van der Waals surface area contributed by atoms with Gasteiger partial charge in [-0.25, -0.2) is 0 Å². The average molecular weight is 264 g/mol. The van der Waals surface area contributed by atoms with Crippen molar-refractivity contribution in [1.82, 2.24) is 4.90 Å².